The Bertz CT molecular complexity index is 958. The van der Waals surface area contributed by atoms with Crippen LogP contribution < -0.4 is 15.8 Å². The molecule has 5 heteroatoms. The second-order valence-corrected chi connectivity index (χ2v) is 7.09. The molecule has 0 bridgehead atoms. The second-order valence-electron chi connectivity index (χ2n) is 7.09. The molecule has 0 radical (unpaired) electrons. The van der Waals surface area contributed by atoms with Crippen LogP contribution in [-0.2, 0) is 11.2 Å². The minimum absolute atomic E-state index is 0.0945. The molecule has 154 valence electrons. The molecule has 1 unspecified atom stereocenters. The van der Waals surface area contributed by atoms with E-state index in [-0.39, 0.29) is 18.6 Å². The van der Waals surface area contributed by atoms with E-state index in [1.54, 1.807) is 18.2 Å². The molecule has 3 aromatic carbocycles. The first kappa shape index (κ1) is 21.1. The van der Waals surface area contributed by atoms with E-state index in [9.17, 15) is 9.59 Å². The van der Waals surface area contributed by atoms with E-state index < -0.39 is 5.91 Å². The number of hydrogen-bond donors (Lipinski definition) is 2. The number of aryl methyl sites for hydroxylation is 1. The number of ether oxygens (including phenoxy) is 1. The van der Waals surface area contributed by atoms with E-state index in [0.717, 1.165) is 24.8 Å². The summed E-state index contributed by atoms with van der Waals surface area (Å²) in [5.74, 6) is -0.317. The van der Waals surface area contributed by atoms with Crippen LogP contribution in [-0.4, -0.2) is 18.4 Å². The highest BCUT2D eigenvalue weighted by Crippen LogP contribution is 2.20. The SMILES string of the molecule is NC(=O)c1cccc(OCC(=O)NC(CCCc2ccccc2)c2ccccc2)c1. The van der Waals surface area contributed by atoms with Gasteiger partial charge in [0.05, 0.1) is 6.04 Å². The lowest BCUT2D eigenvalue weighted by Gasteiger charge is -2.19. The molecule has 1 atom stereocenters. The highest BCUT2D eigenvalue weighted by atomic mass is 16.5. The Morgan fingerprint density at radius 1 is 0.900 bits per heavy atom. The Kier molecular flexibility index (Phi) is 7.61. The number of carbonyl (C=O) groups excluding carboxylic acids is 2. The van der Waals surface area contributed by atoms with Crippen molar-refractivity contribution in [3.63, 3.8) is 0 Å². The fraction of sp³-hybridized carbons (Fsp3) is 0.200. The molecular formula is C25H26N2O3. The summed E-state index contributed by atoms with van der Waals surface area (Å²) in [6.45, 7) is -0.135. The predicted octanol–water partition coefficient (Wildman–Crippen LogP) is 4.04. The number of carbonyl (C=O) groups is 2. The Hall–Kier alpha value is -3.60. The lowest BCUT2D eigenvalue weighted by molar-refractivity contribution is -0.123. The smallest absolute Gasteiger partial charge is 0.258 e. The fourth-order valence-electron chi connectivity index (χ4n) is 3.29. The van der Waals surface area contributed by atoms with Crippen LogP contribution in [0.2, 0.25) is 0 Å². The van der Waals surface area contributed by atoms with E-state index in [1.807, 2.05) is 48.5 Å². The summed E-state index contributed by atoms with van der Waals surface area (Å²) < 4.78 is 5.55. The molecule has 0 heterocycles. The van der Waals surface area contributed by atoms with Gasteiger partial charge in [-0.15, -0.1) is 0 Å². The molecule has 2 amide bonds. The molecule has 0 fully saturated rings. The number of nitrogens with one attached hydrogen (secondary N) is 1. The maximum Gasteiger partial charge on any atom is 0.258 e. The number of hydrogen-bond acceptors (Lipinski definition) is 3. The Morgan fingerprint density at radius 2 is 1.60 bits per heavy atom. The summed E-state index contributed by atoms with van der Waals surface area (Å²) in [5, 5.41) is 3.07. The number of benzene rings is 3. The summed E-state index contributed by atoms with van der Waals surface area (Å²) in [6.07, 6.45) is 2.73. The molecule has 3 rings (SSSR count). The first-order valence-electron chi connectivity index (χ1n) is 10.0. The van der Waals surface area contributed by atoms with Gasteiger partial charge >= 0.3 is 0 Å². The summed E-state index contributed by atoms with van der Waals surface area (Å²) in [5.41, 5.74) is 7.98. The minimum atomic E-state index is -0.535. The fourth-order valence-corrected chi connectivity index (χ4v) is 3.29. The minimum Gasteiger partial charge on any atom is -0.484 e. The zero-order valence-electron chi connectivity index (χ0n) is 16.8. The second kappa shape index (κ2) is 10.8. The third-order valence-corrected chi connectivity index (χ3v) is 4.83. The Labute approximate surface area is 176 Å². The first-order chi connectivity index (χ1) is 14.6. The van der Waals surface area contributed by atoms with Crippen LogP contribution in [0, 0.1) is 0 Å². The maximum atomic E-state index is 12.5. The number of nitrogens with two attached hydrogens (primary N) is 1. The molecule has 3 aromatic rings. The quantitative estimate of drug-likeness (QED) is 0.537. The summed E-state index contributed by atoms with van der Waals surface area (Å²) in [6, 6.07) is 26.7. The van der Waals surface area contributed by atoms with Gasteiger partial charge in [-0.2, -0.15) is 0 Å². The van der Waals surface area contributed by atoms with Crippen molar-refractivity contribution < 1.29 is 14.3 Å². The van der Waals surface area contributed by atoms with E-state index >= 15 is 0 Å². The molecule has 0 aliphatic carbocycles. The normalized spacial score (nSPS) is 11.5. The Balaban J connectivity index is 1.57. The molecule has 5 nitrogen and oxygen atoms in total. The number of rotatable bonds is 10. The van der Waals surface area contributed by atoms with Crippen LogP contribution in [0.4, 0.5) is 0 Å². The van der Waals surface area contributed by atoms with Gasteiger partial charge in [-0.05, 0) is 48.6 Å². The highest BCUT2D eigenvalue weighted by molar-refractivity contribution is 5.93. The van der Waals surface area contributed by atoms with E-state index in [2.05, 4.69) is 17.4 Å². The van der Waals surface area contributed by atoms with Crippen LogP contribution in [0.3, 0.4) is 0 Å². The molecule has 0 aliphatic heterocycles. The van der Waals surface area contributed by atoms with Gasteiger partial charge in [0.2, 0.25) is 5.91 Å². The van der Waals surface area contributed by atoms with Crippen LogP contribution in [0.25, 0.3) is 0 Å². The Morgan fingerprint density at radius 3 is 2.30 bits per heavy atom. The number of amides is 2. The molecular weight excluding hydrogens is 376 g/mol. The van der Waals surface area contributed by atoms with Gasteiger partial charge in [0.25, 0.3) is 5.91 Å². The zero-order valence-corrected chi connectivity index (χ0v) is 16.8. The van der Waals surface area contributed by atoms with Crippen molar-refractivity contribution in [3.05, 3.63) is 102 Å². The van der Waals surface area contributed by atoms with E-state index in [1.165, 1.54) is 11.6 Å². The lowest BCUT2D eigenvalue weighted by atomic mass is 9.99. The van der Waals surface area contributed by atoms with E-state index in [4.69, 9.17) is 10.5 Å². The monoisotopic (exact) mass is 402 g/mol. The third kappa shape index (κ3) is 6.48. The number of primary amides is 1. The average Bonchev–Trinajstić information content (AvgIpc) is 2.78. The van der Waals surface area contributed by atoms with Crippen molar-refractivity contribution >= 4 is 11.8 Å². The third-order valence-electron chi connectivity index (χ3n) is 4.83. The van der Waals surface area contributed by atoms with Gasteiger partial charge in [0.1, 0.15) is 5.75 Å². The first-order valence-corrected chi connectivity index (χ1v) is 10.0. The molecule has 0 saturated carbocycles. The van der Waals surface area contributed by atoms with Crippen molar-refractivity contribution in [2.45, 2.75) is 25.3 Å². The summed E-state index contributed by atoms with van der Waals surface area (Å²) >= 11 is 0. The van der Waals surface area contributed by atoms with Crippen LogP contribution in [0.15, 0.2) is 84.9 Å². The summed E-state index contributed by atoms with van der Waals surface area (Å²) in [4.78, 5) is 23.8. The van der Waals surface area contributed by atoms with Gasteiger partial charge in [-0.1, -0.05) is 66.7 Å². The maximum absolute atomic E-state index is 12.5. The molecule has 0 aromatic heterocycles. The predicted molar refractivity (Wildman–Crippen MR) is 117 cm³/mol. The average molecular weight is 402 g/mol. The van der Waals surface area contributed by atoms with Gasteiger partial charge < -0.3 is 15.8 Å². The highest BCUT2D eigenvalue weighted by Gasteiger charge is 2.15. The standard InChI is InChI=1S/C25H26N2O3/c26-25(29)21-14-8-15-22(17-21)30-18-24(28)27-23(20-12-5-2-6-13-20)16-7-11-19-9-3-1-4-10-19/h1-6,8-10,12-15,17,23H,7,11,16,18H2,(H2,26,29)(H,27,28). The van der Waals surface area contributed by atoms with Crippen LogP contribution >= 0.6 is 0 Å². The molecule has 30 heavy (non-hydrogen) atoms. The van der Waals surface area contributed by atoms with Gasteiger partial charge in [0, 0.05) is 5.56 Å². The topological polar surface area (TPSA) is 81.4 Å². The van der Waals surface area contributed by atoms with Crippen molar-refractivity contribution in [1.82, 2.24) is 5.32 Å². The van der Waals surface area contributed by atoms with Gasteiger partial charge in [0.15, 0.2) is 6.61 Å². The van der Waals surface area contributed by atoms with Crippen molar-refractivity contribution in [2.24, 2.45) is 5.73 Å². The van der Waals surface area contributed by atoms with E-state index in [0.29, 0.717) is 11.3 Å². The van der Waals surface area contributed by atoms with Gasteiger partial charge in [-0.3, -0.25) is 9.59 Å². The zero-order chi connectivity index (χ0) is 21.2. The lowest BCUT2D eigenvalue weighted by Crippen LogP contribution is -2.32. The molecule has 0 saturated heterocycles. The van der Waals surface area contributed by atoms with Crippen molar-refractivity contribution in [1.29, 1.82) is 0 Å². The van der Waals surface area contributed by atoms with Crippen molar-refractivity contribution in [2.75, 3.05) is 6.61 Å². The van der Waals surface area contributed by atoms with Crippen LogP contribution in [0.1, 0.15) is 40.4 Å². The van der Waals surface area contributed by atoms with Crippen molar-refractivity contribution in [3.8, 4) is 5.75 Å². The molecule has 0 spiro atoms. The van der Waals surface area contributed by atoms with Gasteiger partial charge in [-0.25, -0.2) is 0 Å². The van der Waals surface area contributed by atoms with Crippen LogP contribution in [0.5, 0.6) is 5.75 Å². The largest absolute Gasteiger partial charge is 0.484 e. The molecule has 3 N–H and O–H groups in total. The summed E-state index contributed by atoms with van der Waals surface area (Å²) in [7, 11) is 0. The molecule has 0 aliphatic rings.